The van der Waals surface area contributed by atoms with Crippen molar-refractivity contribution in [1.82, 2.24) is 4.98 Å². The molecule has 1 aliphatic rings. The van der Waals surface area contributed by atoms with Crippen LogP contribution in [0.15, 0.2) is 6.07 Å². The van der Waals surface area contributed by atoms with E-state index in [4.69, 9.17) is 39.5 Å². The van der Waals surface area contributed by atoms with Gasteiger partial charge in [-0.05, 0) is 31.7 Å². The van der Waals surface area contributed by atoms with Crippen molar-refractivity contribution in [2.75, 3.05) is 25.2 Å². The smallest absolute Gasteiger partial charge is 0.150 e. The second-order valence-corrected chi connectivity index (χ2v) is 6.00. The highest BCUT2D eigenvalue weighted by molar-refractivity contribution is 6.42. The molecule has 1 atom stereocenters. The molecule has 1 unspecified atom stereocenters. The number of pyridine rings is 1. The number of aromatic nitrogens is 1. The highest BCUT2D eigenvalue weighted by atomic mass is 35.5. The van der Waals surface area contributed by atoms with Gasteiger partial charge in [-0.2, -0.15) is 0 Å². The summed E-state index contributed by atoms with van der Waals surface area (Å²) in [6.45, 7) is 3.54. The Morgan fingerprint density at radius 3 is 2.63 bits per heavy atom. The quantitative estimate of drug-likeness (QED) is 0.730. The number of hydrogen-bond acceptors (Lipinski definition) is 3. The van der Waals surface area contributed by atoms with Crippen LogP contribution < -0.4 is 4.90 Å². The molecule has 0 bridgehead atoms. The summed E-state index contributed by atoms with van der Waals surface area (Å²) >= 11 is 18.2. The minimum absolute atomic E-state index is 0.284. The van der Waals surface area contributed by atoms with Gasteiger partial charge in [0.15, 0.2) is 0 Å². The van der Waals surface area contributed by atoms with Crippen molar-refractivity contribution in [3.05, 3.63) is 21.3 Å². The Balaban J connectivity index is 2.28. The van der Waals surface area contributed by atoms with Crippen molar-refractivity contribution in [3.8, 4) is 0 Å². The molecule has 0 saturated heterocycles. The molecule has 19 heavy (non-hydrogen) atoms. The molecule has 0 spiro atoms. The maximum atomic E-state index is 6.26. The Hall–Kier alpha value is -0.220. The number of nitrogens with zero attached hydrogens (tertiary/aromatic N) is 2. The zero-order chi connectivity index (χ0) is 14.0. The lowest BCUT2D eigenvalue weighted by Crippen LogP contribution is -2.38. The third kappa shape index (κ3) is 3.66. The van der Waals surface area contributed by atoms with Crippen molar-refractivity contribution in [3.63, 3.8) is 0 Å². The predicted octanol–water partition coefficient (Wildman–Crippen LogP) is 4.29. The highest BCUT2D eigenvalue weighted by Gasteiger charge is 2.33. The zero-order valence-corrected chi connectivity index (χ0v) is 13.3. The second-order valence-electron chi connectivity index (χ2n) is 4.83. The van der Waals surface area contributed by atoms with E-state index in [1.165, 1.54) is 12.8 Å². The molecule has 0 aromatic carbocycles. The molecule has 1 aliphatic carbocycles. The van der Waals surface area contributed by atoms with Crippen LogP contribution in [0, 0.1) is 5.92 Å². The van der Waals surface area contributed by atoms with Crippen LogP contribution in [0.4, 0.5) is 5.82 Å². The van der Waals surface area contributed by atoms with Gasteiger partial charge in [0.25, 0.3) is 0 Å². The van der Waals surface area contributed by atoms with E-state index < -0.39 is 0 Å². The molecule has 1 heterocycles. The first kappa shape index (κ1) is 15.2. The molecule has 0 amide bonds. The van der Waals surface area contributed by atoms with Crippen LogP contribution in [0.3, 0.4) is 0 Å². The fourth-order valence-corrected chi connectivity index (χ4v) is 2.76. The summed E-state index contributed by atoms with van der Waals surface area (Å²) in [6.07, 6.45) is 2.51. The maximum Gasteiger partial charge on any atom is 0.150 e. The van der Waals surface area contributed by atoms with Gasteiger partial charge in [0.05, 0.1) is 16.7 Å². The fourth-order valence-electron chi connectivity index (χ4n) is 2.16. The molecule has 1 saturated carbocycles. The molecular weight excluding hydrogens is 307 g/mol. The maximum absolute atomic E-state index is 6.26. The average molecular weight is 324 g/mol. The Kier molecular flexibility index (Phi) is 5.18. The zero-order valence-electron chi connectivity index (χ0n) is 11.0. The van der Waals surface area contributed by atoms with Gasteiger partial charge >= 0.3 is 0 Å². The van der Waals surface area contributed by atoms with E-state index in [0.29, 0.717) is 34.4 Å². The third-order valence-electron chi connectivity index (χ3n) is 3.47. The molecule has 1 fully saturated rings. The number of halogens is 3. The van der Waals surface area contributed by atoms with Crippen LogP contribution >= 0.6 is 34.8 Å². The fraction of sp³-hybridized carbons (Fsp3) is 0.615. The van der Waals surface area contributed by atoms with Gasteiger partial charge < -0.3 is 9.64 Å². The Morgan fingerprint density at radius 2 is 2.05 bits per heavy atom. The Morgan fingerprint density at radius 1 is 1.37 bits per heavy atom. The molecule has 1 aromatic heterocycles. The van der Waals surface area contributed by atoms with Crippen molar-refractivity contribution < 1.29 is 4.74 Å². The first-order valence-electron chi connectivity index (χ1n) is 6.31. The lowest BCUT2D eigenvalue weighted by molar-refractivity contribution is 0.202. The minimum atomic E-state index is 0.284. The van der Waals surface area contributed by atoms with E-state index in [0.717, 1.165) is 6.54 Å². The van der Waals surface area contributed by atoms with E-state index in [-0.39, 0.29) is 5.15 Å². The normalized spacial score (nSPS) is 16.5. The first-order valence-corrected chi connectivity index (χ1v) is 7.45. The number of rotatable bonds is 6. The van der Waals surface area contributed by atoms with Crippen LogP contribution in [0.2, 0.25) is 15.2 Å². The number of anilines is 1. The summed E-state index contributed by atoms with van der Waals surface area (Å²) in [4.78, 5) is 6.49. The summed E-state index contributed by atoms with van der Waals surface area (Å²) < 4.78 is 5.17. The van der Waals surface area contributed by atoms with E-state index in [1.807, 2.05) is 0 Å². The minimum Gasteiger partial charge on any atom is -0.383 e. The Bertz CT molecular complexity index is 452. The monoisotopic (exact) mass is 322 g/mol. The second kappa shape index (κ2) is 6.49. The van der Waals surface area contributed by atoms with Crippen molar-refractivity contribution >= 4 is 40.6 Å². The van der Waals surface area contributed by atoms with Gasteiger partial charge in [0.1, 0.15) is 11.0 Å². The van der Waals surface area contributed by atoms with Crippen molar-refractivity contribution in [1.29, 1.82) is 0 Å². The van der Waals surface area contributed by atoms with Crippen LogP contribution in [0.5, 0.6) is 0 Å². The van der Waals surface area contributed by atoms with E-state index in [2.05, 4.69) is 16.8 Å². The van der Waals surface area contributed by atoms with Gasteiger partial charge in [-0.25, -0.2) is 4.98 Å². The molecule has 2 rings (SSSR count). The SMILES string of the molecule is COCCN(c1nc(Cl)c(Cl)cc1Cl)C(C)C1CC1. The number of methoxy groups -OCH3 is 1. The third-order valence-corrected chi connectivity index (χ3v) is 4.42. The summed E-state index contributed by atoms with van der Waals surface area (Å²) in [7, 11) is 1.68. The van der Waals surface area contributed by atoms with Gasteiger partial charge in [0, 0.05) is 19.7 Å². The van der Waals surface area contributed by atoms with Crippen LogP contribution in [-0.4, -0.2) is 31.3 Å². The molecule has 0 aliphatic heterocycles. The van der Waals surface area contributed by atoms with E-state index >= 15 is 0 Å². The molecule has 3 nitrogen and oxygen atoms in total. The molecular formula is C13H17Cl3N2O. The molecule has 0 radical (unpaired) electrons. The summed E-state index contributed by atoms with van der Waals surface area (Å²) in [6, 6.07) is 2.02. The lowest BCUT2D eigenvalue weighted by atomic mass is 10.2. The topological polar surface area (TPSA) is 25.4 Å². The van der Waals surface area contributed by atoms with Gasteiger partial charge in [-0.1, -0.05) is 34.8 Å². The molecule has 0 N–H and O–H groups in total. The molecule has 1 aromatic rings. The summed E-state index contributed by atoms with van der Waals surface area (Å²) in [5, 5.41) is 1.19. The van der Waals surface area contributed by atoms with Gasteiger partial charge in [-0.3, -0.25) is 0 Å². The van der Waals surface area contributed by atoms with Crippen LogP contribution in [-0.2, 0) is 4.74 Å². The van der Waals surface area contributed by atoms with E-state index in [9.17, 15) is 0 Å². The Labute approximate surface area is 128 Å². The lowest BCUT2D eigenvalue weighted by Gasteiger charge is -2.31. The van der Waals surface area contributed by atoms with Crippen LogP contribution in [0.25, 0.3) is 0 Å². The average Bonchev–Trinajstić information content (AvgIpc) is 3.19. The number of ether oxygens (including phenoxy) is 1. The predicted molar refractivity (Wildman–Crippen MR) is 80.7 cm³/mol. The van der Waals surface area contributed by atoms with Crippen LogP contribution in [0.1, 0.15) is 19.8 Å². The van der Waals surface area contributed by atoms with Gasteiger partial charge in [-0.15, -0.1) is 0 Å². The van der Waals surface area contributed by atoms with Crippen molar-refractivity contribution in [2.45, 2.75) is 25.8 Å². The molecule has 6 heteroatoms. The van der Waals surface area contributed by atoms with Gasteiger partial charge in [0.2, 0.25) is 0 Å². The summed E-state index contributed by atoms with van der Waals surface area (Å²) in [5.41, 5.74) is 0. The highest BCUT2D eigenvalue weighted by Crippen LogP contribution is 2.39. The largest absolute Gasteiger partial charge is 0.383 e. The summed E-state index contributed by atoms with van der Waals surface area (Å²) in [5.74, 6) is 1.39. The van der Waals surface area contributed by atoms with Crippen molar-refractivity contribution in [2.24, 2.45) is 5.92 Å². The van der Waals surface area contributed by atoms with E-state index in [1.54, 1.807) is 13.2 Å². The first-order chi connectivity index (χ1) is 9.04. The molecule has 106 valence electrons. The number of hydrogen-bond donors (Lipinski definition) is 0. The standard InChI is InChI=1S/C13H17Cl3N2O/c1-8(9-3-4-9)18(5-6-19-2)13-11(15)7-10(14)12(16)17-13/h7-9H,3-6H2,1-2H3.